The number of benzene rings is 2. The Morgan fingerprint density at radius 2 is 1.85 bits per heavy atom. The average Bonchev–Trinajstić information content (AvgIpc) is 3.38. The third-order valence-electron chi connectivity index (χ3n) is 6.89. The Morgan fingerprint density at radius 1 is 1.15 bits per heavy atom. The predicted octanol–water partition coefficient (Wildman–Crippen LogP) is 5.01. The zero-order valence-corrected chi connectivity index (χ0v) is 21.1. The van der Waals surface area contributed by atoms with Gasteiger partial charge in [-0.15, -0.1) is 11.8 Å². The van der Waals surface area contributed by atoms with Gasteiger partial charge in [-0.05, 0) is 56.2 Å². The molecule has 0 bridgehead atoms. The summed E-state index contributed by atoms with van der Waals surface area (Å²) in [7, 11) is -3.86. The molecule has 8 heteroatoms. The van der Waals surface area contributed by atoms with Crippen LogP contribution in [0.4, 0.5) is 0 Å². The second-order valence-corrected chi connectivity index (χ2v) is 11.3. The van der Waals surface area contributed by atoms with Crippen LogP contribution in [-0.2, 0) is 10.0 Å². The van der Waals surface area contributed by atoms with Gasteiger partial charge in [-0.1, -0.05) is 32.0 Å². The SMILES string of the molecule is CCC1(CC)CC(NS(=O)(=O)c2ccc(SC)c(C(=O)N3CCCC3)c2)c2ccccc2O1. The first-order valence-corrected chi connectivity index (χ1v) is 14.3. The molecule has 0 radical (unpaired) electrons. The van der Waals surface area contributed by atoms with E-state index in [0.29, 0.717) is 12.0 Å². The minimum Gasteiger partial charge on any atom is -0.487 e. The van der Waals surface area contributed by atoms with Crippen LogP contribution in [0.5, 0.6) is 5.75 Å². The molecule has 1 saturated heterocycles. The lowest BCUT2D eigenvalue weighted by atomic mass is 9.84. The van der Waals surface area contributed by atoms with Crippen molar-refractivity contribution in [2.45, 2.75) is 67.4 Å². The third-order valence-corrected chi connectivity index (χ3v) is 9.15. The minimum absolute atomic E-state index is 0.0960. The number of nitrogens with one attached hydrogen (secondary N) is 1. The van der Waals surface area contributed by atoms with Crippen LogP contribution in [0.25, 0.3) is 0 Å². The number of ether oxygens (including phenoxy) is 1. The van der Waals surface area contributed by atoms with Crippen LogP contribution in [0.2, 0.25) is 0 Å². The summed E-state index contributed by atoms with van der Waals surface area (Å²) < 4.78 is 36.3. The van der Waals surface area contributed by atoms with E-state index < -0.39 is 21.7 Å². The number of hydrogen-bond donors (Lipinski definition) is 1. The molecule has 1 unspecified atom stereocenters. The van der Waals surface area contributed by atoms with E-state index in [4.69, 9.17) is 4.74 Å². The second kappa shape index (κ2) is 9.68. The summed E-state index contributed by atoms with van der Waals surface area (Å²) in [4.78, 5) is 15.8. The van der Waals surface area contributed by atoms with Gasteiger partial charge in [0.25, 0.3) is 5.91 Å². The summed E-state index contributed by atoms with van der Waals surface area (Å²) in [6.45, 7) is 5.58. The molecule has 2 aliphatic heterocycles. The van der Waals surface area contributed by atoms with Crippen molar-refractivity contribution in [3.8, 4) is 5.75 Å². The number of amides is 1. The maximum Gasteiger partial charge on any atom is 0.255 e. The lowest BCUT2D eigenvalue weighted by molar-refractivity contribution is 0.0260. The van der Waals surface area contributed by atoms with Crippen LogP contribution in [0, 0.1) is 0 Å². The van der Waals surface area contributed by atoms with Crippen molar-refractivity contribution < 1.29 is 17.9 Å². The number of rotatable bonds is 7. The largest absolute Gasteiger partial charge is 0.487 e. The molecular weight excluding hydrogens is 456 g/mol. The second-order valence-electron chi connectivity index (χ2n) is 8.77. The minimum atomic E-state index is -3.86. The molecule has 0 aliphatic carbocycles. The molecule has 1 fully saturated rings. The summed E-state index contributed by atoms with van der Waals surface area (Å²) in [6, 6.07) is 12.1. The highest BCUT2D eigenvalue weighted by atomic mass is 32.2. The standard InChI is InChI=1S/C25H32N2O4S2/c1-4-25(5-2)17-21(19-10-6-7-11-22(19)31-25)26-33(29,30)18-12-13-23(32-3)20(16-18)24(28)27-14-8-9-15-27/h6-7,10-13,16,21,26H,4-5,8-9,14-15,17H2,1-3H3. The van der Waals surface area contributed by atoms with E-state index in [9.17, 15) is 13.2 Å². The van der Waals surface area contributed by atoms with E-state index in [0.717, 1.165) is 55.0 Å². The Morgan fingerprint density at radius 3 is 2.52 bits per heavy atom. The summed E-state index contributed by atoms with van der Waals surface area (Å²) in [5, 5.41) is 0. The first kappa shape index (κ1) is 24.1. The highest BCUT2D eigenvalue weighted by Crippen LogP contribution is 2.43. The van der Waals surface area contributed by atoms with Gasteiger partial charge in [-0.25, -0.2) is 13.1 Å². The van der Waals surface area contributed by atoms with Gasteiger partial charge in [0.1, 0.15) is 11.4 Å². The van der Waals surface area contributed by atoms with Crippen LogP contribution in [0.15, 0.2) is 52.3 Å². The van der Waals surface area contributed by atoms with Gasteiger partial charge in [-0.3, -0.25) is 4.79 Å². The molecule has 0 aromatic heterocycles. The quantitative estimate of drug-likeness (QED) is 0.555. The first-order valence-electron chi connectivity index (χ1n) is 11.6. The monoisotopic (exact) mass is 488 g/mol. The van der Waals surface area contributed by atoms with Gasteiger partial charge < -0.3 is 9.64 Å². The van der Waals surface area contributed by atoms with Gasteiger partial charge in [0.05, 0.1) is 16.5 Å². The molecule has 2 aromatic carbocycles. The zero-order chi connectivity index (χ0) is 23.6. The van der Waals surface area contributed by atoms with Crippen LogP contribution in [0.3, 0.4) is 0 Å². The fourth-order valence-electron chi connectivity index (χ4n) is 4.77. The number of fused-ring (bicyclic) bond motifs is 1. The van der Waals surface area contributed by atoms with Crippen LogP contribution < -0.4 is 9.46 Å². The number of para-hydroxylation sites is 1. The highest BCUT2D eigenvalue weighted by molar-refractivity contribution is 7.98. The van der Waals surface area contributed by atoms with Crippen LogP contribution in [-0.4, -0.2) is 44.2 Å². The van der Waals surface area contributed by atoms with Gasteiger partial charge in [0, 0.05) is 30.0 Å². The number of carbonyl (C=O) groups excluding carboxylic acids is 1. The van der Waals surface area contributed by atoms with Gasteiger partial charge >= 0.3 is 0 Å². The van der Waals surface area contributed by atoms with Crippen molar-refractivity contribution in [3.05, 3.63) is 53.6 Å². The maximum atomic E-state index is 13.5. The fourth-order valence-corrected chi connectivity index (χ4v) is 6.59. The van der Waals surface area contributed by atoms with E-state index >= 15 is 0 Å². The maximum absolute atomic E-state index is 13.5. The molecular formula is C25H32N2O4S2. The van der Waals surface area contributed by atoms with E-state index in [1.54, 1.807) is 12.1 Å². The summed E-state index contributed by atoms with van der Waals surface area (Å²) in [5.41, 5.74) is 0.880. The molecule has 2 heterocycles. The molecule has 33 heavy (non-hydrogen) atoms. The first-order chi connectivity index (χ1) is 15.8. The highest BCUT2D eigenvalue weighted by Gasteiger charge is 2.40. The smallest absolute Gasteiger partial charge is 0.255 e. The zero-order valence-electron chi connectivity index (χ0n) is 19.5. The summed E-state index contributed by atoms with van der Waals surface area (Å²) in [5.74, 6) is 0.629. The Labute approximate surface area is 201 Å². The summed E-state index contributed by atoms with van der Waals surface area (Å²) >= 11 is 1.45. The van der Waals surface area contributed by atoms with Crippen molar-refractivity contribution in [2.24, 2.45) is 0 Å². The number of likely N-dealkylation sites (tertiary alicyclic amines) is 1. The molecule has 0 spiro atoms. The number of hydrogen-bond acceptors (Lipinski definition) is 5. The lowest BCUT2D eigenvalue weighted by Gasteiger charge is -2.41. The molecule has 2 aromatic rings. The van der Waals surface area contributed by atoms with Crippen molar-refractivity contribution in [1.82, 2.24) is 9.62 Å². The lowest BCUT2D eigenvalue weighted by Crippen LogP contribution is -2.44. The predicted molar refractivity (Wildman–Crippen MR) is 131 cm³/mol. The van der Waals surface area contributed by atoms with Gasteiger partial charge in [0.15, 0.2) is 0 Å². The Bertz CT molecular complexity index is 1120. The molecule has 1 amide bonds. The molecule has 4 rings (SSSR count). The molecule has 2 aliphatic rings. The number of carbonyl (C=O) groups is 1. The Hall–Kier alpha value is -2.03. The molecule has 0 saturated carbocycles. The van der Waals surface area contributed by atoms with Crippen LogP contribution in [0.1, 0.15) is 67.9 Å². The third kappa shape index (κ3) is 4.79. The topological polar surface area (TPSA) is 75.7 Å². The normalized spacial score (nSPS) is 19.7. The average molecular weight is 489 g/mol. The number of nitrogens with zero attached hydrogens (tertiary/aromatic N) is 1. The number of sulfonamides is 1. The van der Waals surface area contributed by atoms with Gasteiger partial charge in [-0.2, -0.15) is 0 Å². The fraction of sp³-hybridized carbons (Fsp3) is 0.480. The molecule has 1 atom stereocenters. The van der Waals surface area contributed by atoms with E-state index in [1.807, 2.05) is 35.4 Å². The summed E-state index contributed by atoms with van der Waals surface area (Å²) in [6.07, 6.45) is 5.99. The Balaban J connectivity index is 1.67. The molecule has 1 N–H and O–H groups in total. The van der Waals surface area contributed by atoms with E-state index in [1.165, 1.54) is 17.8 Å². The molecule has 178 valence electrons. The molecule has 6 nitrogen and oxygen atoms in total. The van der Waals surface area contributed by atoms with E-state index in [-0.39, 0.29) is 10.8 Å². The Kier molecular flexibility index (Phi) is 7.07. The van der Waals surface area contributed by atoms with Crippen molar-refractivity contribution in [2.75, 3.05) is 19.3 Å². The van der Waals surface area contributed by atoms with Crippen molar-refractivity contribution in [3.63, 3.8) is 0 Å². The van der Waals surface area contributed by atoms with Gasteiger partial charge in [0.2, 0.25) is 10.0 Å². The van der Waals surface area contributed by atoms with Crippen molar-refractivity contribution >= 4 is 27.7 Å². The number of thioether (sulfide) groups is 1. The van der Waals surface area contributed by atoms with Crippen LogP contribution >= 0.6 is 11.8 Å². The van der Waals surface area contributed by atoms with E-state index in [2.05, 4.69) is 18.6 Å². The van der Waals surface area contributed by atoms with Crippen molar-refractivity contribution in [1.29, 1.82) is 0 Å².